The molecule has 1 rings (SSSR count). The van der Waals surface area contributed by atoms with Crippen LogP contribution in [0.1, 0.15) is 39.5 Å². The van der Waals surface area contributed by atoms with Gasteiger partial charge < -0.3 is 15.0 Å². The molecular formula is C14H24N2O4. The number of ether oxygens (including phenoxy) is 1. The topological polar surface area (TPSA) is 75.7 Å². The van der Waals surface area contributed by atoms with Gasteiger partial charge in [-0.15, -0.1) is 0 Å². The Morgan fingerprint density at radius 3 is 2.40 bits per heavy atom. The lowest BCUT2D eigenvalue weighted by molar-refractivity contribution is -0.152. The molecule has 0 aromatic heterocycles. The van der Waals surface area contributed by atoms with E-state index in [4.69, 9.17) is 4.74 Å². The summed E-state index contributed by atoms with van der Waals surface area (Å²) in [5.41, 5.74) is 0. The lowest BCUT2D eigenvalue weighted by Crippen LogP contribution is -2.47. The fourth-order valence-electron chi connectivity index (χ4n) is 2.18. The number of carbonyl (C=O) groups excluding carboxylic acids is 3. The lowest BCUT2D eigenvalue weighted by Gasteiger charge is -2.30. The monoisotopic (exact) mass is 284 g/mol. The largest absolute Gasteiger partial charge is 0.466 e. The Morgan fingerprint density at radius 2 is 1.85 bits per heavy atom. The van der Waals surface area contributed by atoms with Crippen LogP contribution in [0.5, 0.6) is 0 Å². The second kappa shape index (κ2) is 8.55. The summed E-state index contributed by atoms with van der Waals surface area (Å²) in [6.07, 6.45) is 2.96. The second-order valence-corrected chi connectivity index (χ2v) is 4.93. The van der Waals surface area contributed by atoms with Crippen LogP contribution in [0.25, 0.3) is 0 Å². The minimum atomic E-state index is -0.548. The molecule has 0 aromatic carbocycles. The molecule has 1 N–H and O–H groups in total. The Morgan fingerprint density at radius 1 is 1.20 bits per heavy atom. The van der Waals surface area contributed by atoms with Gasteiger partial charge >= 0.3 is 17.8 Å². The maximum atomic E-state index is 11.9. The molecule has 114 valence electrons. The molecular weight excluding hydrogens is 260 g/mol. The molecule has 2 amide bonds. The summed E-state index contributed by atoms with van der Waals surface area (Å²) < 4.78 is 4.97. The van der Waals surface area contributed by atoms with Crippen LogP contribution in [0.15, 0.2) is 0 Å². The molecule has 1 heterocycles. The molecule has 1 aliphatic rings. The van der Waals surface area contributed by atoms with Gasteiger partial charge in [-0.25, -0.2) is 0 Å². The van der Waals surface area contributed by atoms with Crippen LogP contribution in [0.2, 0.25) is 0 Å². The molecule has 20 heavy (non-hydrogen) atoms. The van der Waals surface area contributed by atoms with Crippen molar-refractivity contribution in [1.29, 1.82) is 0 Å². The van der Waals surface area contributed by atoms with Crippen molar-refractivity contribution in [2.24, 2.45) is 5.92 Å². The van der Waals surface area contributed by atoms with E-state index in [1.165, 1.54) is 4.90 Å². The van der Waals surface area contributed by atoms with Crippen molar-refractivity contribution in [2.75, 3.05) is 26.2 Å². The molecule has 0 unspecified atom stereocenters. The Bertz CT molecular complexity index is 349. The average molecular weight is 284 g/mol. The predicted octanol–water partition coefficient (Wildman–Crippen LogP) is 0.704. The summed E-state index contributed by atoms with van der Waals surface area (Å²) in [5.74, 6) is -1.40. The van der Waals surface area contributed by atoms with Gasteiger partial charge in [-0.2, -0.15) is 0 Å². The second-order valence-electron chi connectivity index (χ2n) is 4.93. The Hall–Kier alpha value is -1.59. The molecule has 6 heteroatoms. The van der Waals surface area contributed by atoms with Crippen LogP contribution in [0.4, 0.5) is 0 Å². The number of nitrogens with zero attached hydrogens (tertiary/aromatic N) is 1. The van der Waals surface area contributed by atoms with Crippen LogP contribution < -0.4 is 5.32 Å². The summed E-state index contributed by atoms with van der Waals surface area (Å²) in [6, 6.07) is 0. The molecule has 0 bridgehead atoms. The van der Waals surface area contributed by atoms with Crippen LogP contribution in [0.3, 0.4) is 0 Å². The first-order chi connectivity index (χ1) is 9.60. The van der Waals surface area contributed by atoms with Gasteiger partial charge in [-0.1, -0.05) is 13.3 Å². The van der Waals surface area contributed by atoms with Gasteiger partial charge in [0.2, 0.25) is 0 Å². The third-order valence-electron chi connectivity index (χ3n) is 3.41. The van der Waals surface area contributed by atoms with Gasteiger partial charge in [0.1, 0.15) is 0 Å². The van der Waals surface area contributed by atoms with E-state index in [-0.39, 0.29) is 11.9 Å². The van der Waals surface area contributed by atoms with Crippen molar-refractivity contribution in [1.82, 2.24) is 10.2 Å². The zero-order chi connectivity index (χ0) is 15.0. The molecule has 1 fully saturated rings. The number of amides is 2. The fourth-order valence-corrected chi connectivity index (χ4v) is 2.18. The molecule has 1 aliphatic heterocycles. The van der Waals surface area contributed by atoms with Crippen LogP contribution in [-0.4, -0.2) is 48.9 Å². The van der Waals surface area contributed by atoms with E-state index in [0.717, 1.165) is 12.8 Å². The SMILES string of the molecule is CCCCNC(=O)C(=O)N1CCC(C(=O)OCC)CC1. The highest BCUT2D eigenvalue weighted by molar-refractivity contribution is 6.35. The maximum Gasteiger partial charge on any atom is 0.311 e. The fraction of sp³-hybridized carbons (Fsp3) is 0.786. The average Bonchev–Trinajstić information content (AvgIpc) is 2.47. The quantitative estimate of drug-likeness (QED) is 0.458. The zero-order valence-electron chi connectivity index (χ0n) is 12.3. The van der Waals surface area contributed by atoms with E-state index in [2.05, 4.69) is 5.32 Å². The highest BCUT2D eigenvalue weighted by Crippen LogP contribution is 2.18. The minimum absolute atomic E-state index is 0.151. The maximum absolute atomic E-state index is 11.9. The Balaban J connectivity index is 2.35. The third kappa shape index (κ3) is 4.83. The molecule has 0 radical (unpaired) electrons. The van der Waals surface area contributed by atoms with E-state index in [0.29, 0.717) is 39.1 Å². The normalized spacial score (nSPS) is 15.8. The minimum Gasteiger partial charge on any atom is -0.466 e. The predicted molar refractivity (Wildman–Crippen MR) is 73.9 cm³/mol. The lowest BCUT2D eigenvalue weighted by atomic mass is 9.97. The number of esters is 1. The molecule has 0 aromatic rings. The van der Waals surface area contributed by atoms with E-state index in [9.17, 15) is 14.4 Å². The Kier molecular flexibility index (Phi) is 7.04. The summed E-state index contributed by atoms with van der Waals surface area (Å²) in [7, 11) is 0. The smallest absolute Gasteiger partial charge is 0.311 e. The van der Waals surface area contributed by atoms with Crippen LogP contribution in [-0.2, 0) is 19.1 Å². The van der Waals surface area contributed by atoms with Crippen molar-refractivity contribution in [3.63, 3.8) is 0 Å². The number of nitrogens with one attached hydrogen (secondary N) is 1. The van der Waals surface area contributed by atoms with E-state index in [1.54, 1.807) is 6.92 Å². The van der Waals surface area contributed by atoms with Crippen LogP contribution in [0, 0.1) is 5.92 Å². The molecule has 0 saturated carbocycles. The first-order valence-corrected chi connectivity index (χ1v) is 7.33. The summed E-state index contributed by atoms with van der Waals surface area (Å²) in [6.45, 7) is 5.57. The van der Waals surface area contributed by atoms with Crippen molar-refractivity contribution in [3.8, 4) is 0 Å². The van der Waals surface area contributed by atoms with E-state index in [1.807, 2.05) is 6.92 Å². The van der Waals surface area contributed by atoms with Gasteiger partial charge in [0.05, 0.1) is 12.5 Å². The number of unbranched alkanes of at least 4 members (excludes halogenated alkanes) is 1. The van der Waals surface area contributed by atoms with Crippen LogP contribution >= 0.6 is 0 Å². The summed E-state index contributed by atoms with van der Waals surface area (Å²) in [5, 5.41) is 2.61. The summed E-state index contributed by atoms with van der Waals surface area (Å²) >= 11 is 0. The number of carbonyl (C=O) groups is 3. The number of hydrogen-bond acceptors (Lipinski definition) is 4. The van der Waals surface area contributed by atoms with E-state index >= 15 is 0 Å². The van der Waals surface area contributed by atoms with Gasteiger partial charge in [0.25, 0.3) is 0 Å². The van der Waals surface area contributed by atoms with Crippen molar-refractivity contribution in [2.45, 2.75) is 39.5 Å². The Labute approximate surface area is 119 Å². The summed E-state index contributed by atoms with van der Waals surface area (Å²) in [4.78, 5) is 36.6. The van der Waals surface area contributed by atoms with Gasteiger partial charge in [0.15, 0.2) is 0 Å². The molecule has 0 spiro atoms. The number of likely N-dealkylation sites (tertiary alicyclic amines) is 1. The number of hydrogen-bond donors (Lipinski definition) is 1. The standard InChI is InChI=1S/C14H24N2O4/c1-3-5-8-15-12(17)13(18)16-9-6-11(7-10-16)14(19)20-4-2/h11H,3-10H2,1-2H3,(H,15,17). The van der Waals surface area contributed by atoms with Gasteiger partial charge in [0, 0.05) is 19.6 Å². The van der Waals surface area contributed by atoms with Crippen molar-refractivity contribution >= 4 is 17.8 Å². The molecule has 6 nitrogen and oxygen atoms in total. The van der Waals surface area contributed by atoms with Gasteiger partial charge in [-0.3, -0.25) is 14.4 Å². The number of piperidine rings is 1. The third-order valence-corrected chi connectivity index (χ3v) is 3.41. The molecule has 0 aliphatic carbocycles. The van der Waals surface area contributed by atoms with E-state index < -0.39 is 11.8 Å². The zero-order valence-corrected chi connectivity index (χ0v) is 12.3. The number of rotatable bonds is 5. The first-order valence-electron chi connectivity index (χ1n) is 7.33. The highest BCUT2D eigenvalue weighted by atomic mass is 16.5. The highest BCUT2D eigenvalue weighted by Gasteiger charge is 2.30. The first kappa shape index (κ1) is 16.5. The molecule has 0 atom stereocenters. The molecule has 1 saturated heterocycles. The van der Waals surface area contributed by atoms with Gasteiger partial charge in [-0.05, 0) is 26.2 Å². The van der Waals surface area contributed by atoms with Crippen molar-refractivity contribution in [3.05, 3.63) is 0 Å². The van der Waals surface area contributed by atoms with Crippen molar-refractivity contribution < 1.29 is 19.1 Å².